The molecule has 0 heterocycles. The monoisotopic (exact) mass is 407 g/mol. The van der Waals surface area contributed by atoms with Crippen LogP contribution in [0.2, 0.25) is 0 Å². The molecular weight excluding hydrogens is 381 g/mol. The summed E-state index contributed by atoms with van der Waals surface area (Å²) < 4.78 is 34.7. The number of ether oxygens (including phenoxy) is 4. The van der Waals surface area contributed by atoms with Gasteiger partial charge in [-0.25, -0.2) is 4.39 Å². The maximum atomic E-state index is 13.4. The third-order valence-corrected chi connectivity index (χ3v) is 3.98. The van der Waals surface area contributed by atoms with Crippen LogP contribution in [0, 0.1) is 5.82 Å². The van der Waals surface area contributed by atoms with Gasteiger partial charge in [0.05, 0.1) is 20.8 Å². The van der Waals surface area contributed by atoms with Crippen LogP contribution in [-0.4, -0.2) is 51.1 Å². The van der Waals surface area contributed by atoms with E-state index in [-0.39, 0.29) is 37.8 Å². The summed E-state index contributed by atoms with van der Waals surface area (Å²) in [5.41, 5.74) is 0. The van der Waals surface area contributed by atoms with Crippen LogP contribution in [-0.2, 0) is 4.79 Å². The predicted octanol–water partition coefficient (Wildman–Crippen LogP) is 2.56. The molecule has 2 aromatic rings. The second-order valence-electron chi connectivity index (χ2n) is 6.14. The molecule has 0 aliphatic carbocycles. The molecule has 0 radical (unpaired) electrons. The molecule has 0 aromatic heterocycles. The third kappa shape index (κ3) is 7.15. The van der Waals surface area contributed by atoms with Gasteiger partial charge in [-0.05, 0) is 30.7 Å². The van der Waals surface area contributed by atoms with E-state index in [1.54, 1.807) is 30.3 Å². The predicted molar refractivity (Wildman–Crippen MR) is 105 cm³/mol. The normalized spacial score (nSPS) is 11.4. The van der Waals surface area contributed by atoms with Crippen LogP contribution < -0.4 is 24.3 Å². The molecule has 2 aromatic carbocycles. The SMILES string of the molecule is COc1cccc(OC)c1OCC(O)CNC(=O)CCCOc1ccccc1F. The highest BCUT2D eigenvalue weighted by molar-refractivity contribution is 5.75. The van der Waals surface area contributed by atoms with Gasteiger partial charge in [0.25, 0.3) is 0 Å². The minimum absolute atomic E-state index is 0.0322. The fourth-order valence-corrected chi connectivity index (χ4v) is 2.49. The Bertz CT molecular complexity index is 763. The Hall–Kier alpha value is -3.00. The van der Waals surface area contributed by atoms with Gasteiger partial charge in [0.1, 0.15) is 12.7 Å². The van der Waals surface area contributed by atoms with E-state index < -0.39 is 11.9 Å². The van der Waals surface area contributed by atoms with Gasteiger partial charge in [-0.1, -0.05) is 18.2 Å². The van der Waals surface area contributed by atoms with Gasteiger partial charge in [-0.2, -0.15) is 0 Å². The second kappa shape index (κ2) is 11.8. The quantitative estimate of drug-likeness (QED) is 0.526. The van der Waals surface area contributed by atoms with Gasteiger partial charge in [0.15, 0.2) is 23.1 Å². The van der Waals surface area contributed by atoms with Gasteiger partial charge in [0.2, 0.25) is 11.7 Å². The summed E-state index contributed by atoms with van der Waals surface area (Å²) in [4.78, 5) is 11.9. The summed E-state index contributed by atoms with van der Waals surface area (Å²) in [6.45, 7) is 0.200. The molecule has 0 saturated heterocycles. The molecular formula is C21H26FNO6. The van der Waals surface area contributed by atoms with Gasteiger partial charge in [-0.15, -0.1) is 0 Å². The van der Waals surface area contributed by atoms with Crippen LogP contribution in [0.5, 0.6) is 23.0 Å². The van der Waals surface area contributed by atoms with E-state index in [9.17, 15) is 14.3 Å². The Morgan fingerprint density at radius 1 is 1.03 bits per heavy atom. The maximum absolute atomic E-state index is 13.4. The Morgan fingerprint density at radius 3 is 2.34 bits per heavy atom. The average Bonchev–Trinajstić information content (AvgIpc) is 2.74. The molecule has 8 heteroatoms. The first-order chi connectivity index (χ1) is 14.0. The zero-order chi connectivity index (χ0) is 21.1. The molecule has 2 rings (SSSR count). The van der Waals surface area contributed by atoms with Crippen molar-refractivity contribution in [1.29, 1.82) is 0 Å². The van der Waals surface area contributed by atoms with Crippen molar-refractivity contribution < 1.29 is 33.2 Å². The van der Waals surface area contributed by atoms with Crippen LogP contribution in [0.25, 0.3) is 0 Å². The number of carbonyl (C=O) groups excluding carboxylic acids is 1. The van der Waals surface area contributed by atoms with Crippen LogP contribution >= 0.6 is 0 Å². The van der Waals surface area contributed by atoms with E-state index in [1.807, 2.05) is 0 Å². The molecule has 0 spiro atoms. The molecule has 1 atom stereocenters. The van der Waals surface area contributed by atoms with Gasteiger partial charge in [0, 0.05) is 13.0 Å². The van der Waals surface area contributed by atoms with Crippen LogP contribution in [0.4, 0.5) is 4.39 Å². The largest absolute Gasteiger partial charge is 0.493 e. The summed E-state index contributed by atoms with van der Waals surface area (Å²) in [7, 11) is 3.02. The number of rotatable bonds is 12. The van der Waals surface area contributed by atoms with Crippen molar-refractivity contribution in [3.05, 3.63) is 48.3 Å². The smallest absolute Gasteiger partial charge is 0.220 e. The molecule has 2 N–H and O–H groups in total. The van der Waals surface area contributed by atoms with Gasteiger partial charge < -0.3 is 29.4 Å². The molecule has 0 aliphatic heterocycles. The minimum atomic E-state index is -0.914. The Labute approximate surface area is 169 Å². The highest BCUT2D eigenvalue weighted by Gasteiger charge is 2.14. The van der Waals surface area contributed by atoms with E-state index in [0.29, 0.717) is 23.7 Å². The lowest BCUT2D eigenvalue weighted by Gasteiger charge is -2.17. The van der Waals surface area contributed by atoms with Crippen molar-refractivity contribution in [1.82, 2.24) is 5.32 Å². The van der Waals surface area contributed by atoms with Crippen LogP contribution in [0.1, 0.15) is 12.8 Å². The van der Waals surface area contributed by atoms with Crippen molar-refractivity contribution in [2.24, 2.45) is 0 Å². The Balaban J connectivity index is 1.67. The molecule has 0 bridgehead atoms. The molecule has 29 heavy (non-hydrogen) atoms. The lowest BCUT2D eigenvalue weighted by molar-refractivity contribution is -0.121. The van der Waals surface area contributed by atoms with Crippen molar-refractivity contribution in [3.63, 3.8) is 0 Å². The van der Waals surface area contributed by atoms with Crippen LogP contribution in [0.3, 0.4) is 0 Å². The molecule has 158 valence electrons. The summed E-state index contributed by atoms with van der Waals surface area (Å²) in [5, 5.41) is 12.7. The van der Waals surface area contributed by atoms with Crippen molar-refractivity contribution in [2.75, 3.05) is 34.0 Å². The summed E-state index contributed by atoms with van der Waals surface area (Å²) >= 11 is 0. The number of hydrogen-bond acceptors (Lipinski definition) is 6. The second-order valence-corrected chi connectivity index (χ2v) is 6.14. The van der Waals surface area contributed by atoms with E-state index in [1.165, 1.54) is 26.4 Å². The van der Waals surface area contributed by atoms with E-state index in [0.717, 1.165) is 0 Å². The first-order valence-electron chi connectivity index (χ1n) is 9.21. The third-order valence-electron chi connectivity index (χ3n) is 3.98. The molecule has 1 amide bonds. The molecule has 0 saturated carbocycles. The summed E-state index contributed by atoms with van der Waals surface area (Å²) in [6.07, 6.45) is -0.295. The van der Waals surface area contributed by atoms with Gasteiger partial charge in [-0.3, -0.25) is 4.79 Å². The minimum Gasteiger partial charge on any atom is -0.493 e. The number of carbonyl (C=O) groups is 1. The molecule has 0 aliphatic rings. The summed E-state index contributed by atoms with van der Waals surface area (Å²) in [5.74, 6) is 0.828. The van der Waals surface area contributed by atoms with Crippen molar-refractivity contribution in [2.45, 2.75) is 18.9 Å². The van der Waals surface area contributed by atoms with Crippen molar-refractivity contribution >= 4 is 5.91 Å². The Morgan fingerprint density at radius 2 is 1.69 bits per heavy atom. The maximum Gasteiger partial charge on any atom is 0.220 e. The number of nitrogens with one attached hydrogen (secondary N) is 1. The number of hydrogen-bond donors (Lipinski definition) is 2. The van der Waals surface area contributed by atoms with Crippen molar-refractivity contribution in [3.8, 4) is 23.0 Å². The fourth-order valence-electron chi connectivity index (χ4n) is 2.49. The standard InChI is InChI=1S/C21H26FNO6/c1-26-18-9-5-10-19(27-2)21(18)29-14-15(24)13-23-20(25)11-6-12-28-17-8-4-3-7-16(17)22/h3-5,7-10,15,24H,6,11-14H2,1-2H3,(H,23,25). The van der Waals surface area contributed by atoms with Crippen LogP contribution in [0.15, 0.2) is 42.5 Å². The van der Waals surface area contributed by atoms with Gasteiger partial charge >= 0.3 is 0 Å². The number of aliphatic hydroxyl groups excluding tert-OH is 1. The average molecular weight is 407 g/mol. The number of halogens is 1. The zero-order valence-electron chi connectivity index (χ0n) is 16.5. The van der Waals surface area contributed by atoms with E-state index in [2.05, 4.69) is 5.32 Å². The Kier molecular flexibility index (Phi) is 9.04. The lowest BCUT2D eigenvalue weighted by Crippen LogP contribution is -2.35. The molecule has 1 unspecified atom stereocenters. The van der Waals surface area contributed by atoms with E-state index in [4.69, 9.17) is 18.9 Å². The molecule has 0 fully saturated rings. The number of benzene rings is 2. The first kappa shape index (κ1) is 22.3. The fraction of sp³-hybridized carbons (Fsp3) is 0.381. The lowest BCUT2D eigenvalue weighted by atomic mass is 10.2. The zero-order valence-corrected chi connectivity index (χ0v) is 16.5. The number of amides is 1. The topological polar surface area (TPSA) is 86.3 Å². The highest BCUT2D eigenvalue weighted by Crippen LogP contribution is 2.36. The molecule has 7 nitrogen and oxygen atoms in total. The number of para-hydroxylation sites is 2. The highest BCUT2D eigenvalue weighted by atomic mass is 19.1. The number of methoxy groups -OCH3 is 2. The van der Waals surface area contributed by atoms with E-state index >= 15 is 0 Å². The first-order valence-corrected chi connectivity index (χ1v) is 9.21. The summed E-state index contributed by atoms with van der Waals surface area (Å²) in [6, 6.07) is 11.3. The number of aliphatic hydroxyl groups is 1.